The molecule has 0 aromatic heterocycles. The molecule has 0 saturated heterocycles. The van der Waals surface area contributed by atoms with Crippen molar-refractivity contribution in [3.05, 3.63) is 29.3 Å². The van der Waals surface area contributed by atoms with Crippen molar-refractivity contribution in [1.82, 2.24) is 5.32 Å². The van der Waals surface area contributed by atoms with Gasteiger partial charge < -0.3 is 10.1 Å². The fourth-order valence-corrected chi connectivity index (χ4v) is 1.96. The lowest BCUT2D eigenvalue weighted by molar-refractivity contribution is 0.383. The third kappa shape index (κ3) is 3.42. The van der Waals surface area contributed by atoms with Gasteiger partial charge in [0, 0.05) is 23.7 Å². The number of rotatable bonds is 6. The van der Waals surface area contributed by atoms with Gasteiger partial charge in [-0.3, -0.25) is 0 Å². The van der Waals surface area contributed by atoms with E-state index in [4.69, 9.17) is 4.74 Å². The van der Waals surface area contributed by atoms with E-state index in [1.807, 2.05) is 0 Å². The van der Waals surface area contributed by atoms with Gasteiger partial charge in [-0.05, 0) is 19.4 Å². The summed E-state index contributed by atoms with van der Waals surface area (Å²) < 4.78 is 32.7. The second-order valence-corrected chi connectivity index (χ2v) is 4.60. The minimum atomic E-state index is -0.561. The van der Waals surface area contributed by atoms with Crippen LogP contribution in [0.25, 0.3) is 0 Å². The van der Waals surface area contributed by atoms with Crippen LogP contribution in [0.2, 0.25) is 0 Å². The molecular weight excluding hydrogens is 236 g/mol. The molecule has 1 N–H and O–H groups in total. The molecule has 1 rings (SSSR count). The molecule has 0 radical (unpaired) electrons. The highest BCUT2D eigenvalue weighted by atomic mass is 19.1. The molecule has 1 aromatic carbocycles. The van der Waals surface area contributed by atoms with Crippen molar-refractivity contribution in [1.29, 1.82) is 0 Å². The SMILES string of the molecule is CCC(C)CC(NC)c1c(F)cc(OC)cc1F. The summed E-state index contributed by atoms with van der Waals surface area (Å²) in [7, 11) is 3.11. The molecule has 0 fully saturated rings. The topological polar surface area (TPSA) is 21.3 Å². The van der Waals surface area contributed by atoms with Crippen LogP contribution in [-0.2, 0) is 0 Å². The second-order valence-electron chi connectivity index (χ2n) is 4.60. The van der Waals surface area contributed by atoms with Gasteiger partial charge in [0.05, 0.1) is 7.11 Å². The first-order chi connectivity index (χ1) is 8.53. The summed E-state index contributed by atoms with van der Waals surface area (Å²) in [4.78, 5) is 0. The van der Waals surface area contributed by atoms with Gasteiger partial charge in [-0.15, -0.1) is 0 Å². The van der Waals surface area contributed by atoms with Crippen LogP contribution < -0.4 is 10.1 Å². The Hall–Kier alpha value is -1.16. The van der Waals surface area contributed by atoms with Gasteiger partial charge >= 0.3 is 0 Å². The molecule has 2 atom stereocenters. The normalized spacial score (nSPS) is 14.3. The fraction of sp³-hybridized carbons (Fsp3) is 0.571. The number of hydrogen-bond acceptors (Lipinski definition) is 2. The Morgan fingerprint density at radius 2 is 1.83 bits per heavy atom. The molecule has 0 aliphatic carbocycles. The Morgan fingerprint density at radius 3 is 2.22 bits per heavy atom. The first-order valence-corrected chi connectivity index (χ1v) is 6.23. The molecule has 0 bridgehead atoms. The summed E-state index contributed by atoms with van der Waals surface area (Å²) >= 11 is 0. The van der Waals surface area contributed by atoms with Crippen LogP contribution in [0.4, 0.5) is 8.78 Å². The maximum atomic E-state index is 13.9. The van der Waals surface area contributed by atoms with E-state index >= 15 is 0 Å². The largest absolute Gasteiger partial charge is 0.497 e. The van der Waals surface area contributed by atoms with Gasteiger partial charge in [0.25, 0.3) is 0 Å². The number of nitrogens with one attached hydrogen (secondary N) is 1. The van der Waals surface area contributed by atoms with Crippen molar-refractivity contribution in [2.45, 2.75) is 32.7 Å². The highest BCUT2D eigenvalue weighted by molar-refractivity contribution is 5.32. The molecule has 2 unspecified atom stereocenters. The van der Waals surface area contributed by atoms with Crippen molar-refractivity contribution in [3.8, 4) is 5.75 Å². The number of halogens is 2. The van der Waals surface area contributed by atoms with Crippen LogP contribution in [0, 0.1) is 17.6 Å². The minimum Gasteiger partial charge on any atom is -0.497 e. The third-order valence-corrected chi connectivity index (χ3v) is 3.32. The zero-order valence-electron chi connectivity index (χ0n) is 11.4. The monoisotopic (exact) mass is 257 g/mol. The zero-order valence-corrected chi connectivity index (χ0v) is 11.4. The van der Waals surface area contributed by atoms with Crippen LogP contribution in [0.15, 0.2) is 12.1 Å². The average molecular weight is 257 g/mol. The van der Waals surface area contributed by atoms with Crippen molar-refractivity contribution in [3.63, 3.8) is 0 Å². The van der Waals surface area contributed by atoms with Gasteiger partial charge in [0.1, 0.15) is 17.4 Å². The van der Waals surface area contributed by atoms with Gasteiger partial charge in [0.2, 0.25) is 0 Å². The van der Waals surface area contributed by atoms with Crippen molar-refractivity contribution >= 4 is 0 Å². The summed E-state index contributed by atoms with van der Waals surface area (Å²) in [6.07, 6.45) is 1.69. The summed E-state index contributed by atoms with van der Waals surface area (Å²) in [6, 6.07) is 2.13. The zero-order chi connectivity index (χ0) is 13.7. The Kier molecular flexibility index (Phi) is 5.54. The molecular formula is C14H21F2NO. The van der Waals surface area contributed by atoms with E-state index in [1.54, 1.807) is 7.05 Å². The average Bonchev–Trinajstić information content (AvgIpc) is 2.35. The van der Waals surface area contributed by atoms with Crippen LogP contribution in [0.5, 0.6) is 5.75 Å². The van der Waals surface area contributed by atoms with E-state index in [9.17, 15) is 8.78 Å². The fourth-order valence-electron chi connectivity index (χ4n) is 1.96. The smallest absolute Gasteiger partial charge is 0.134 e. The molecule has 18 heavy (non-hydrogen) atoms. The molecule has 0 amide bonds. The standard InChI is InChI=1S/C14H21F2NO/c1-5-9(2)6-13(17-3)14-11(15)7-10(18-4)8-12(14)16/h7-9,13,17H,5-6H2,1-4H3. The van der Waals surface area contributed by atoms with E-state index in [-0.39, 0.29) is 17.4 Å². The van der Waals surface area contributed by atoms with Crippen molar-refractivity contribution < 1.29 is 13.5 Å². The van der Waals surface area contributed by atoms with Crippen LogP contribution in [0.3, 0.4) is 0 Å². The highest BCUT2D eigenvalue weighted by Gasteiger charge is 2.21. The maximum Gasteiger partial charge on any atom is 0.134 e. The van der Waals surface area contributed by atoms with Crippen molar-refractivity contribution in [2.75, 3.05) is 14.2 Å². The van der Waals surface area contributed by atoms with Crippen LogP contribution >= 0.6 is 0 Å². The highest BCUT2D eigenvalue weighted by Crippen LogP contribution is 2.29. The molecule has 1 aromatic rings. The lowest BCUT2D eigenvalue weighted by Crippen LogP contribution is -2.21. The molecule has 0 spiro atoms. The van der Waals surface area contributed by atoms with E-state index in [0.717, 1.165) is 6.42 Å². The van der Waals surface area contributed by atoms with E-state index in [0.29, 0.717) is 12.3 Å². The summed E-state index contributed by atoms with van der Waals surface area (Å²) in [6.45, 7) is 4.14. The molecule has 0 aliphatic rings. The second kappa shape index (κ2) is 6.69. The Labute approximate surface area is 107 Å². The third-order valence-electron chi connectivity index (χ3n) is 3.32. The molecule has 0 saturated carbocycles. The minimum absolute atomic E-state index is 0.0959. The molecule has 0 aliphatic heterocycles. The lowest BCUT2D eigenvalue weighted by atomic mass is 9.93. The Bertz CT molecular complexity index is 372. The summed E-state index contributed by atoms with van der Waals surface area (Å²) in [5, 5.41) is 2.98. The van der Waals surface area contributed by atoms with Gasteiger partial charge in [0.15, 0.2) is 0 Å². The predicted octanol–water partition coefficient (Wildman–Crippen LogP) is 3.67. The molecule has 2 nitrogen and oxygen atoms in total. The number of methoxy groups -OCH3 is 1. The number of ether oxygens (including phenoxy) is 1. The van der Waals surface area contributed by atoms with E-state index in [1.165, 1.54) is 19.2 Å². The Morgan fingerprint density at radius 1 is 1.28 bits per heavy atom. The predicted molar refractivity (Wildman–Crippen MR) is 68.8 cm³/mol. The molecule has 4 heteroatoms. The number of benzene rings is 1. The van der Waals surface area contributed by atoms with Crippen LogP contribution in [0.1, 0.15) is 38.3 Å². The molecule has 102 valence electrons. The van der Waals surface area contributed by atoms with Crippen LogP contribution in [-0.4, -0.2) is 14.2 Å². The van der Waals surface area contributed by atoms with E-state index in [2.05, 4.69) is 19.2 Å². The maximum absolute atomic E-state index is 13.9. The van der Waals surface area contributed by atoms with Gasteiger partial charge in [-0.1, -0.05) is 20.3 Å². The summed E-state index contributed by atoms with van der Waals surface area (Å²) in [5.41, 5.74) is 0.0959. The van der Waals surface area contributed by atoms with E-state index < -0.39 is 11.6 Å². The first-order valence-electron chi connectivity index (χ1n) is 6.23. The number of hydrogen-bond donors (Lipinski definition) is 1. The molecule has 0 heterocycles. The summed E-state index contributed by atoms with van der Waals surface area (Å²) in [5.74, 6) is -0.514. The van der Waals surface area contributed by atoms with Gasteiger partial charge in [-0.2, -0.15) is 0 Å². The van der Waals surface area contributed by atoms with Crippen molar-refractivity contribution in [2.24, 2.45) is 5.92 Å². The Balaban J connectivity index is 3.05. The van der Waals surface area contributed by atoms with Gasteiger partial charge in [-0.25, -0.2) is 8.78 Å². The lowest BCUT2D eigenvalue weighted by Gasteiger charge is -2.21. The first kappa shape index (κ1) is 14.9. The quantitative estimate of drug-likeness (QED) is 0.839.